The zero-order chi connectivity index (χ0) is 14.4. The Hall–Kier alpha value is -1.72. The van der Waals surface area contributed by atoms with Crippen molar-refractivity contribution < 1.29 is 9.53 Å². The zero-order valence-electron chi connectivity index (χ0n) is 11.2. The molecule has 20 heavy (non-hydrogen) atoms. The van der Waals surface area contributed by atoms with Crippen LogP contribution in [0.2, 0.25) is 0 Å². The van der Waals surface area contributed by atoms with E-state index in [0.29, 0.717) is 35.5 Å². The SMILES string of the molecule is COCC(CCCl)NC(=O)c1cccc2nccnc12. The maximum absolute atomic E-state index is 12.3. The van der Waals surface area contributed by atoms with Gasteiger partial charge in [0.1, 0.15) is 5.52 Å². The normalized spacial score (nSPS) is 12.3. The van der Waals surface area contributed by atoms with Gasteiger partial charge in [0, 0.05) is 25.4 Å². The van der Waals surface area contributed by atoms with Crippen LogP contribution >= 0.6 is 11.6 Å². The summed E-state index contributed by atoms with van der Waals surface area (Å²) in [5, 5.41) is 2.91. The van der Waals surface area contributed by atoms with Crippen LogP contribution in [0.4, 0.5) is 0 Å². The average molecular weight is 294 g/mol. The molecule has 1 aromatic carbocycles. The number of aromatic nitrogens is 2. The molecule has 1 heterocycles. The molecule has 106 valence electrons. The summed E-state index contributed by atoms with van der Waals surface area (Å²) in [6.45, 7) is 0.426. The Labute approximate surface area is 122 Å². The first-order valence-electron chi connectivity index (χ1n) is 6.31. The van der Waals surface area contributed by atoms with Gasteiger partial charge in [0.05, 0.1) is 23.7 Å². The molecule has 0 radical (unpaired) electrons. The van der Waals surface area contributed by atoms with Gasteiger partial charge in [-0.15, -0.1) is 11.6 Å². The molecule has 2 aromatic rings. The molecule has 0 spiro atoms. The molecule has 1 atom stereocenters. The summed E-state index contributed by atoms with van der Waals surface area (Å²) < 4.78 is 5.08. The van der Waals surface area contributed by atoms with Crippen molar-refractivity contribution in [3.8, 4) is 0 Å². The third-order valence-electron chi connectivity index (χ3n) is 2.90. The number of nitrogens with zero attached hydrogens (tertiary/aromatic N) is 2. The Morgan fingerprint density at radius 3 is 2.95 bits per heavy atom. The van der Waals surface area contributed by atoms with Crippen LogP contribution in [0, 0.1) is 0 Å². The number of alkyl halides is 1. The van der Waals surface area contributed by atoms with Gasteiger partial charge in [-0.05, 0) is 18.6 Å². The second-order valence-corrected chi connectivity index (χ2v) is 4.71. The van der Waals surface area contributed by atoms with E-state index in [1.54, 1.807) is 31.6 Å². The lowest BCUT2D eigenvalue weighted by molar-refractivity contribution is 0.0896. The maximum Gasteiger partial charge on any atom is 0.253 e. The summed E-state index contributed by atoms with van der Waals surface area (Å²) in [6, 6.07) is 5.23. The van der Waals surface area contributed by atoms with Gasteiger partial charge < -0.3 is 10.1 Å². The molecule has 0 saturated heterocycles. The van der Waals surface area contributed by atoms with E-state index in [1.807, 2.05) is 6.07 Å². The minimum atomic E-state index is -0.191. The minimum Gasteiger partial charge on any atom is -0.383 e. The first-order valence-corrected chi connectivity index (χ1v) is 6.85. The molecular weight excluding hydrogens is 278 g/mol. The summed E-state index contributed by atoms with van der Waals surface area (Å²) in [6.07, 6.45) is 3.83. The summed E-state index contributed by atoms with van der Waals surface area (Å²) in [7, 11) is 1.59. The summed E-state index contributed by atoms with van der Waals surface area (Å²) in [4.78, 5) is 20.7. The van der Waals surface area contributed by atoms with E-state index >= 15 is 0 Å². The number of fused-ring (bicyclic) bond motifs is 1. The van der Waals surface area contributed by atoms with E-state index in [4.69, 9.17) is 16.3 Å². The van der Waals surface area contributed by atoms with Crippen LogP contribution in [0.1, 0.15) is 16.8 Å². The van der Waals surface area contributed by atoms with Gasteiger partial charge in [-0.25, -0.2) is 0 Å². The highest BCUT2D eigenvalue weighted by Gasteiger charge is 2.16. The van der Waals surface area contributed by atoms with Crippen molar-refractivity contribution in [1.82, 2.24) is 15.3 Å². The third kappa shape index (κ3) is 3.43. The van der Waals surface area contributed by atoms with Crippen molar-refractivity contribution in [2.45, 2.75) is 12.5 Å². The van der Waals surface area contributed by atoms with Crippen LogP contribution in [0.5, 0.6) is 0 Å². The molecule has 0 bridgehead atoms. The number of halogens is 1. The second-order valence-electron chi connectivity index (χ2n) is 4.33. The second kappa shape index (κ2) is 7.17. The molecule has 1 N–H and O–H groups in total. The highest BCUT2D eigenvalue weighted by atomic mass is 35.5. The number of hydrogen-bond acceptors (Lipinski definition) is 4. The van der Waals surface area contributed by atoms with Gasteiger partial charge in [0.15, 0.2) is 0 Å². The first kappa shape index (κ1) is 14.7. The van der Waals surface area contributed by atoms with Crippen LogP contribution < -0.4 is 5.32 Å². The van der Waals surface area contributed by atoms with Crippen LogP contribution in [-0.4, -0.2) is 41.5 Å². The predicted octanol–water partition coefficient (Wildman–Crippen LogP) is 2.00. The van der Waals surface area contributed by atoms with Gasteiger partial charge in [0.2, 0.25) is 0 Å². The smallest absolute Gasteiger partial charge is 0.253 e. The molecule has 1 unspecified atom stereocenters. The quantitative estimate of drug-likeness (QED) is 0.828. The van der Waals surface area contributed by atoms with Crippen molar-refractivity contribution in [2.75, 3.05) is 19.6 Å². The number of nitrogens with one attached hydrogen (secondary N) is 1. The fourth-order valence-corrected chi connectivity index (χ4v) is 2.23. The third-order valence-corrected chi connectivity index (χ3v) is 3.12. The van der Waals surface area contributed by atoms with E-state index in [2.05, 4.69) is 15.3 Å². The van der Waals surface area contributed by atoms with Gasteiger partial charge in [-0.1, -0.05) is 6.07 Å². The molecule has 1 aromatic heterocycles. The molecule has 6 heteroatoms. The zero-order valence-corrected chi connectivity index (χ0v) is 11.9. The molecule has 0 saturated carbocycles. The van der Waals surface area contributed by atoms with Gasteiger partial charge in [-0.3, -0.25) is 14.8 Å². The number of rotatable bonds is 6. The Bertz CT molecular complexity index is 580. The van der Waals surface area contributed by atoms with Gasteiger partial charge >= 0.3 is 0 Å². The lowest BCUT2D eigenvalue weighted by Crippen LogP contribution is -2.38. The largest absolute Gasteiger partial charge is 0.383 e. The first-order chi connectivity index (χ1) is 9.76. The molecule has 5 nitrogen and oxygen atoms in total. The highest BCUT2D eigenvalue weighted by Crippen LogP contribution is 2.14. The topological polar surface area (TPSA) is 64.1 Å². The lowest BCUT2D eigenvalue weighted by Gasteiger charge is -2.17. The Morgan fingerprint density at radius 1 is 1.40 bits per heavy atom. The number of amides is 1. The molecule has 0 aliphatic carbocycles. The Morgan fingerprint density at radius 2 is 2.20 bits per heavy atom. The fourth-order valence-electron chi connectivity index (χ4n) is 1.97. The van der Waals surface area contributed by atoms with E-state index in [0.717, 1.165) is 0 Å². The monoisotopic (exact) mass is 293 g/mol. The number of carbonyl (C=O) groups is 1. The Kier molecular flexibility index (Phi) is 5.26. The van der Waals surface area contributed by atoms with Crippen LogP contribution in [-0.2, 0) is 4.74 Å². The van der Waals surface area contributed by atoms with E-state index in [-0.39, 0.29) is 11.9 Å². The molecule has 0 aliphatic rings. The molecule has 0 aliphatic heterocycles. The lowest BCUT2D eigenvalue weighted by atomic mass is 10.1. The number of hydrogen-bond donors (Lipinski definition) is 1. The number of ether oxygens (including phenoxy) is 1. The molecule has 1 amide bonds. The van der Waals surface area contributed by atoms with Crippen molar-refractivity contribution in [2.24, 2.45) is 0 Å². The highest BCUT2D eigenvalue weighted by molar-refractivity contribution is 6.17. The van der Waals surface area contributed by atoms with Crippen LogP contribution in [0.25, 0.3) is 11.0 Å². The number of methoxy groups -OCH3 is 1. The molecule has 2 rings (SSSR count). The van der Waals surface area contributed by atoms with Crippen molar-refractivity contribution >= 4 is 28.5 Å². The van der Waals surface area contributed by atoms with Crippen LogP contribution in [0.15, 0.2) is 30.6 Å². The average Bonchev–Trinajstić information content (AvgIpc) is 2.47. The van der Waals surface area contributed by atoms with Crippen molar-refractivity contribution in [3.63, 3.8) is 0 Å². The van der Waals surface area contributed by atoms with Gasteiger partial charge in [-0.2, -0.15) is 0 Å². The van der Waals surface area contributed by atoms with Crippen LogP contribution in [0.3, 0.4) is 0 Å². The Balaban J connectivity index is 2.22. The standard InChI is InChI=1S/C14H16ClN3O2/c1-20-9-10(5-6-15)18-14(19)11-3-2-4-12-13(11)17-8-7-16-12/h2-4,7-8,10H,5-6,9H2,1H3,(H,18,19). The molecule has 0 fully saturated rings. The minimum absolute atomic E-state index is 0.114. The predicted molar refractivity (Wildman–Crippen MR) is 78.0 cm³/mol. The fraction of sp³-hybridized carbons (Fsp3) is 0.357. The number of para-hydroxylation sites is 1. The van der Waals surface area contributed by atoms with Crippen molar-refractivity contribution in [3.05, 3.63) is 36.2 Å². The van der Waals surface area contributed by atoms with E-state index in [1.165, 1.54) is 0 Å². The summed E-state index contributed by atoms with van der Waals surface area (Å²) >= 11 is 5.73. The maximum atomic E-state index is 12.3. The summed E-state index contributed by atoms with van der Waals surface area (Å²) in [5.41, 5.74) is 1.79. The van der Waals surface area contributed by atoms with Gasteiger partial charge in [0.25, 0.3) is 5.91 Å². The number of benzene rings is 1. The summed E-state index contributed by atoms with van der Waals surface area (Å²) in [5.74, 6) is 0.271. The molecular formula is C14H16ClN3O2. The van der Waals surface area contributed by atoms with E-state index in [9.17, 15) is 4.79 Å². The number of carbonyl (C=O) groups excluding carboxylic acids is 1. The van der Waals surface area contributed by atoms with Crippen molar-refractivity contribution in [1.29, 1.82) is 0 Å². The van der Waals surface area contributed by atoms with E-state index < -0.39 is 0 Å².